The maximum absolute atomic E-state index is 13.7. The van der Waals surface area contributed by atoms with Gasteiger partial charge in [-0.3, -0.25) is 14.2 Å². The first kappa shape index (κ1) is 23.0. The number of amides is 1. The van der Waals surface area contributed by atoms with E-state index in [9.17, 15) is 18.4 Å². The molecular formula is C24H18ClF2N3O2S2. The summed E-state index contributed by atoms with van der Waals surface area (Å²) in [6.45, 7) is 0. The molecule has 0 fully saturated rings. The maximum atomic E-state index is 13.7. The number of carbonyl (C=O) groups is 1. The van der Waals surface area contributed by atoms with Crippen molar-refractivity contribution in [3.8, 4) is 5.69 Å². The average molecular weight is 518 g/mol. The number of benzene rings is 2. The molecule has 0 atom stereocenters. The first-order chi connectivity index (χ1) is 16.4. The molecule has 174 valence electrons. The molecule has 1 aliphatic rings. The number of thioether (sulfide) groups is 1. The number of rotatable bonds is 5. The maximum Gasteiger partial charge on any atom is 0.267 e. The van der Waals surface area contributed by atoms with Gasteiger partial charge in [-0.2, -0.15) is 0 Å². The number of nitrogens with one attached hydrogen (secondary N) is 1. The third kappa shape index (κ3) is 4.47. The molecule has 1 amide bonds. The zero-order chi connectivity index (χ0) is 23.8. The fourth-order valence-electron chi connectivity index (χ4n) is 4.00. The smallest absolute Gasteiger partial charge is 0.267 e. The molecule has 34 heavy (non-hydrogen) atoms. The van der Waals surface area contributed by atoms with Crippen LogP contribution in [-0.2, 0) is 17.6 Å². The van der Waals surface area contributed by atoms with Gasteiger partial charge in [0.2, 0.25) is 5.91 Å². The second-order valence-electron chi connectivity index (χ2n) is 7.87. The molecule has 0 bridgehead atoms. The first-order valence-electron chi connectivity index (χ1n) is 10.6. The summed E-state index contributed by atoms with van der Waals surface area (Å²) >= 11 is 8.68. The van der Waals surface area contributed by atoms with Gasteiger partial charge in [0.15, 0.2) is 16.8 Å². The number of halogens is 3. The molecule has 5 rings (SSSR count). The highest BCUT2D eigenvalue weighted by atomic mass is 35.5. The van der Waals surface area contributed by atoms with Crippen molar-refractivity contribution < 1.29 is 13.6 Å². The van der Waals surface area contributed by atoms with Crippen LogP contribution in [0.2, 0.25) is 5.02 Å². The summed E-state index contributed by atoms with van der Waals surface area (Å²) in [5.74, 6) is -2.54. The van der Waals surface area contributed by atoms with Crippen molar-refractivity contribution in [2.75, 3.05) is 11.1 Å². The van der Waals surface area contributed by atoms with E-state index in [1.807, 2.05) is 0 Å². The Labute approximate surface area is 206 Å². The van der Waals surface area contributed by atoms with Crippen molar-refractivity contribution >= 4 is 56.5 Å². The summed E-state index contributed by atoms with van der Waals surface area (Å²) in [7, 11) is 0. The van der Waals surface area contributed by atoms with Crippen molar-refractivity contribution in [1.82, 2.24) is 9.55 Å². The molecule has 2 aromatic heterocycles. The number of anilines is 1. The number of fused-ring (bicyclic) bond motifs is 3. The number of carbonyl (C=O) groups excluding carboxylic acids is 1. The van der Waals surface area contributed by atoms with Gasteiger partial charge in [-0.15, -0.1) is 11.3 Å². The highest BCUT2D eigenvalue weighted by Crippen LogP contribution is 2.35. The van der Waals surface area contributed by atoms with Gasteiger partial charge in [-0.1, -0.05) is 23.4 Å². The van der Waals surface area contributed by atoms with Crippen LogP contribution in [0.15, 0.2) is 52.4 Å². The standard InChI is InChI=1S/C24H18ClF2N3O2S2/c25-13-5-8-15(9-6-13)30-23(32)21-16-3-1-2-4-19(16)34-22(21)29-24(30)33-12-20(31)28-14-7-10-17(26)18(27)11-14/h5-11H,1-4,12H2,(H,28,31). The number of aromatic nitrogens is 2. The van der Waals surface area contributed by atoms with Crippen LogP contribution in [0.25, 0.3) is 15.9 Å². The molecule has 1 N–H and O–H groups in total. The largest absolute Gasteiger partial charge is 0.325 e. The van der Waals surface area contributed by atoms with E-state index in [1.165, 1.54) is 26.8 Å². The third-order valence-electron chi connectivity index (χ3n) is 5.58. The number of hydrogen-bond donors (Lipinski definition) is 1. The summed E-state index contributed by atoms with van der Waals surface area (Å²) in [6.07, 6.45) is 3.93. The van der Waals surface area contributed by atoms with Gasteiger partial charge in [0.1, 0.15) is 4.83 Å². The van der Waals surface area contributed by atoms with Gasteiger partial charge in [-0.05, 0) is 67.6 Å². The molecule has 0 unspecified atom stereocenters. The summed E-state index contributed by atoms with van der Waals surface area (Å²) in [5, 5.41) is 4.10. The summed E-state index contributed by atoms with van der Waals surface area (Å²) < 4.78 is 28.1. The molecule has 0 aliphatic heterocycles. The predicted molar refractivity (Wildman–Crippen MR) is 133 cm³/mol. The van der Waals surface area contributed by atoms with Gasteiger partial charge < -0.3 is 5.32 Å². The molecular weight excluding hydrogens is 500 g/mol. The van der Waals surface area contributed by atoms with Crippen LogP contribution in [0.5, 0.6) is 0 Å². The zero-order valence-corrected chi connectivity index (χ0v) is 20.1. The summed E-state index contributed by atoms with van der Waals surface area (Å²) in [4.78, 5) is 32.8. The molecule has 0 saturated carbocycles. The normalized spacial score (nSPS) is 13.1. The minimum absolute atomic E-state index is 0.0738. The number of hydrogen-bond acceptors (Lipinski definition) is 5. The summed E-state index contributed by atoms with van der Waals surface area (Å²) in [6, 6.07) is 10.0. The van der Waals surface area contributed by atoms with Gasteiger partial charge in [0, 0.05) is 21.7 Å². The molecule has 0 spiro atoms. The highest BCUT2D eigenvalue weighted by Gasteiger charge is 2.23. The molecule has 4 aromatic rings. The van der Waals surface area contributed by atoms with Crippen LogP contribution in [0, 0.1) is 11.6 Å². The number of thiophene rings is 1. The lowest BCUT2D eigenvalue weighted by Crippen LogP contribution is -2.23. The quantitative estimate of drug-likeness (QED) is 0.261. The number of aryl methyl sites for hydroxylation is 2. The first-order valence-corrected chi connectivity index (χ1v) is 12.8. The van der Waals surface area contributed by atoms with Crippen molar-refractivity contribution in [3.63, 3.8) is 0 Å². The second-order valence-corrected chi connectivity index (χ2v) is 10.3. The topological polar surface area (TPSA) is 64.0 Å². The van der Waals surface area contributed by atoms with Crippen molar-refractivity contribution in [3.05, 3.63) is 79.9 Å². The Bertz CT molecular complexity index is 1470. The Hall–Kier alpha value is -2.75. The minimum atomic E-state index is -1.05. The van der Waals surface area contributed by atoms with Crippen LogP contribution in [-0.4, -0.2) is 21.2 Å². The highest BCUT2D eigenvalue weighted by molar-refractivity contribution is 7.99. The second kappa shape index (κ2) is 9.48. The Morgan fingerprint density at radius 2 is 1.88 bits per heavy atom. The Kier molecular flexibility index (Phi) is 6.42. The van der Waals surface area contributed by atoms with Gasteiger partial charge >= 0.3 is 0 Å². The van der Waals surface area contributed by atoms with E-state index in [1.54, 1.807) is 24.3 Å². The molecule has 1 aliphatic carbocycles. The lowest BCUT2D eigenvalue weighted by Gasteiger charge is -2.14. The van der Waals surface area contributed by atoms with Crippen LogP contribution in [0.3, 0.4) is 0 Å². The van der Waals surface area contributed by atoms with E-state index in [-0.39, 0.29) is 17.0 Å². The van der Waals surface area contributed by atoms with Crippen molar-refractivity contribution in [2.24, 2.45) is 0 Å². The van der Waals surface area contributed by atoms with Gasteiger partial charge in [0.25, 0.3) is 5.56 Å². The summed E-state index contributed by atoms with van der Waals surface area (Å²) in [5.41, 5.74) is 1.66. The zero-order valence-electron chi connectivity index (χ0n) is 17.7. The molecule has 10 heteroatoms. The van der Waals surface area contributed by atoms with E-state index >= 15 is 0 Å². The lowest BCUT2D eigenvalue weighted by atomic mass is 9.97. The fraction of sp³-hybridized carbons (Fsp3) is 0.208. The number of nitrogens with zero attached hydrogens (tertiary/aromatic N) is 2. The van der Waals surface area contributed by atoms with Gasteiger partial charge in [-0.25, -0.2) is 13.8 Å². The van der Waals surface area contributed by atoms with Crippen molar-refractivity contribution in [1.29, 1.82) is 0 Å². The lowest BCUT2D eigenvalue weighted by molar-refractivity contribution is -0.113. The van der Waals surface area contributed by atoms with E-state index in [4.69, 9.17) is 16.6 Å². The van der Waals surface area contributed by atoms with Crippen molar-refractivity contribution in [2.45, 2.75) is 30.8 Å². The van der Waals surface area contributed by atoms with E-state index in [0.717, 1.165) is 55.1 Å². The van der Waals surface area contributed by atoms with E-state index < -0.39 is 17.5 Å². The molecule has 0 saturated heterocycles. The van der Waals surface area contributed by atoms with Gasteiger partial charge in [0.05, 0.1) is 16.8 Å². The fourth-order valence-corrected chi connectivity index (χ4v) is 6.24. The molecule has 2 heterocycles. The van der Waals surface area contributed by atoms with E-state index in [0.29, 0.717) is 26.1 Å². The predicted octanol–water partition coefficient (Wildman–Crippen LogP) is 5.99. The van der Waals surface area contributed by atoms with Crippen LogP contribution >= 0.6 is 34.7 Å². The molecule has 0 radical (unpaired) electrons. The Morgan fingerprint density at radius 3 is 2.65 bits per heavy atom. The van der Waals surface area contributed by atoms with Crippen LogP contribution in [0.1, 0.15) is 23.3 Å². The third-order valence-corrected chi connectivity index (χ3v) is 7.95. The SMILES string of the molecule is O=C(CSc1nc2sc3c(c2c(=O)n1-c1ccc(Cl)cc1)CCCC3)Nc1ccc(F)c(F)c1. The Balaban J connectivity index is 1.50. The van der Waals surface area contributed by atoms with Crippen LogP contribution in [0.4, 0.5) is 14.5 Å². The monoisotopic (exact) mass is 517 g/mol. The van der Waals surface area contributed by atoms with E-state index in [2.05, 4.69) is 5.32 Å². The average Bonchev–Trinajstić information content (AvgIpc) is 3.20. The van der Waals surface area contributed by atoms with Crippen LogP contribution < -0.4 is 10.9 Å². The Morgan fingerprint density at radius 1 is 1.12 bits per heavy atom. The minimum Gasteiger partial charge on any atom is -0.325 e. The molecule has 2 aromatic carbocycles. The molecule has 5 nitrogen and oxygen atoms in total.